The Morgan fingerprint density at radius 3 is 2.41 bits per heavy atom. The standard InChI is InChI=1S/C14H21ClN4O2S/c1-13(2,3)12(20)17-10-7-9(11(15)19-18-10)8-16-22(21)14(4,5)6/h7-8H,1-6H3,(H,17,18,20). The summed E-state index contributed by atoms with van der Waals surface area (Å²) in [6, 6.07) is 1.54. The van der Waals surface area contributed by atoms with Crippen LogP contribution in [0.3, 0.4) is 0 Å². The van der Waals surface area contributed by atoms with E-state index in [1.54, 1.807) is 26.8 Å². The number of rotatable bonds is 3. The highest BCUT2D eigenvalue weighted by Crippen LogP contribution is 2.20. The van der Waals surface area contributed by atoms with Crippen molar-refractivity contribution in [3.05, 3.63) is 16.8 Å². The molecule has 1 unspecified atom stereocenters. The van der Waals surface area contributed by atoms with Gasteiger partial charge in [0.25, 0.3) is 0 Å². The zero-order valence-corrected chi connectivity index (χ0v) is 15.2. The largest absolute Gasteiger partial charge is 0.591 e. The highest BCUT2D eigenvalue weighted by molar-refractivity contribution is 7.91. The zero-order valence-electron chi connectivity index (χ0n) is 13.6. The molecule has 122 valence electrons. The number of nitrogens with zero attached hydrogens (tertiary/aromatic N) is 3. The van der Waals surface area contributed by atoms with Crippen LogP contribution in [-0.4, -0.2) is 31.6 Å². The van der Waals surface area contributed by atoms with Crippen molar-refractivity contribution in [2.24, 2.45) is 9.81 Å². The lowest BCUT2D eigenvalue weighted by Crippen LogP contribution is -2.28. The Labute approximate surface area is 139 Å². The van der Waals surface area contributed by atoms with E-state index in [0.717, 1.165) is 0 Å². The molecule has 0 saturated heterocycles. The third-order valence-corrected chi connectivity index (χ3v) is 4.15. The van der Waals surface area contributed by atoms with Crippen LogP contribution in [0.5, 0.6) is 0 Å². The van der Waals surface area contributed by atoms with E-state index in [9.17, 15) is 9.35 Å². The van der Waals surface area contributed by atoms with Crippen LogP contribution in [0.25, 0.3) is 0 Å². The fourth-order valence-electron chi connectivity index (χ4n) is 1.11. The minimum atomic E-state index is -1.40. The fourth-order valence-corrected chi connectivity index (χ4v) is 1.78. The van der Waals surface area contributed by atoms with Crippen molar-refractivity contribution in [1.29, 1.82) is 0 Å². The van der Waals surface area contributed by atoms with Crippen LogP contribution in [-0.2, 0) is 16.2 Å². The molecule has 0 spiro atoms. The van der Waals surface area contributed by atoms with Gasteiger partial charge in [-0.05, 0) is 26.8 Å². The smallest absolute Gasteiger partial charge is 0.230 e. The average Bonchev–Trinajstić information content (AvgIpc) is 2.36. The molecule has 0 aliphatic carbocycles. The van der Waals surface area contributed by atoms with E-state index in [1.807, 2.05) is 20.8 Å². The van der Waals surface area contributed by atoms with Gasteiger partial charge in [0.05, 0.1) is 6.21 Å². The van der Waals surface area contributed by atoms with Crippen LogP contribution in [0.1, 0.15) is 47.1 Å². The topological polar surface area (TPSA) is 90.3 Å². The first kappa shape index (κ1) is 18.9. The third-order valence-electron chi connectivity index (χ3n) is 2.51. The van der Waals surface area contributed by atoms with Crippen molar-refractivity contribution in [2.45, 2.75) is 46.3 Å². The van der Waals surface area contributed by atoms with Crippen molar-refractivity contribution in [3.63, 3.8) is 0 Å². The van der Waals surface area contributed by atoms with Crippen molar-refractivity contribution in [1.82, 2.24) is 10.2 Å². The maximum absolute atomic E-state index is 11.9. The van der Waals surface area contributed by atoms with Gasteiger partial charge >= 0.3 is 0 Å². The molecule has 1 aromatic rings. The van der Waals surface area contributed by atoms with Gasteiger partial charge in [-0.2, -0.15) is 0 Å². The molecule has 1 rings (SSSR count). The predicted molar refractivity (Wildman–Crippen MR) is 90.6 cm³/mol. The summed E-state index contributed by atoms with van der Waals surface area (Å²) >= 11 is 4.54. The number of halogens is 1. The third kappa shape index (κ3) is 5.55. The van der Waals surface area contributed by atoms with E-state index < -0.39 is 21.5 Å². The quantitative estimate of drug-likeness (QED) is 0.674. The summed E-state index contributed by atoms with van der Waals surface area (Å²) in [5, 5.41) is 10.4. The van der Waals surface area contributed by atoms with Crippen LogP contribution < -0.4 is 5.32 Å². The number of carbonyl (C=O) groups excluding carboxylic acids is 1. The zero-order chi connectivity index (χ0) is 17.1. The Bertz CT molecular complexity index is 579. The Morgan fingerprint density at radius 1 is 1.32 bits per heavy atom. The Kier molecular flexibility index (Phi) is 5.95. The number of hydrogen-bond donors (Lipinski definition) is 1. The number of nitrogens with one attached hydrogen (secondary N) is 1. The van der Waals surface area contributed by atoms with E-state index in [-0.39, 0.29) is 16.9 Å². The molecule has 0 radical (unpaired) electrons. The van der Waals surface area contributed by atoms with Gasteiger partial charge in [-0.1, -0.05) is 36.8 Å². The first-order valence-electron chi connectivity index (χ1n) is 6.72. The SMILES string of the molecule is CC(C)(C)C(=O)Nc1cc(C=N[S+]([O-])C(C)(C)C)c(Cl)nn1. The second-order valence-corrected chi connectivity index (χ2v) is 9.07. The highest BCUT2D eigenvalue weighted by atomic mass is 35.5. The van der Waals surface area contributed by atoms with Crippen LogP contribution in [0, 0.1) is 5.41 Å². The summed E-state index contributed by atoms with van der Waals surface area (Å²) < 4.78 is 15.4. The van der Waals surface area contributed by atoms with Gasteiger partial charge in [0.2, 0.25) is 5.91 Å². The molecule has 0 bridgehead atoms. The molecule has 22 heavy (non-hydrogen) atoms. The van der Waals surface area contributed by atoms with Crippen molar-refractivity contribution < 1.29 is 9.35 Å². The van der Waals surface area contributed by atoms with Crippen LogP contribution in [0.4, 0.5) is 5.82 Å². The number of hydrogen-bond acceptors (Lipinski definition) is 5. The molecular formula is C14H21ClN4O2S. The maximum Gasteiger partial charge on any atom is 0.230 e. The molecule has 1 amide bonds. The molecule has 8 heteroatoms. The van der Waals surface area contributed by atoms with Gasteiger partial charge in [0, 0.05) is 11.0 Å². The number of aromatic nitrogens is 2. The lowest BCUT2D eigenvalue weighted by atomic mass is 9.96. The molecular weight excluding hydrogens is 324 g/mol. The minimum absolute atomic E-state index is 0.128. The molecule has 6 nitrogen and oxygen atoms in total. The summed E-state index contributed by atoms with van der Waals surface area (Å²) in [7, 11) is 0. The Balaban J connectivity index is 2.96. The van der Waals surface area contributed by atoms with E-state index >= 15 is 0 Å². The Morgan fingerprint density at radius 2 is 1.91 bits per heavy atom. The van der Waals surface area contributed by atoms with Gasteiger partial charge in [0.1, 0.15) is 16.1 Å². The van der Waals surface area contributed by atoms with Crippen molar-refractivity contribution in [2.75, 3.05) is 5.32 Å². The van der Waals surface area contributed by atoms with Crippen molar-refractivity contribution >= 4 is 40.9 Å². The average molecular weight is 345 g/mol. The van der Waals surface area contributed by atoms with Crippen molar-refractivity contribution in [3.8, 4) is 0 Å². The predicted octanol–water partition coefficient (Wildman–Crippen LogP) is 3.00. The van der Waals surface area contributed by atoms with Crippen LogP contribution in [0.2, 0.25) is 5.15 Å². The maximum atomic E-state index is 11.9. The number of anilines is 1. The summed E-state index contributed by atoms with van der Waals surface area (Å²) in [6.07, 6.45) is 1.38. The second-order valence-electron chi connectivity index (χ2n) is 6.78. The summed E-state index contributed by atoms with van der Waals surface area (Å²) in [5.41, 5.74) is -0.109. The summed E-state index contributed by atoms with van der Waals surface area (Å²) in [4.78, 5) is 11.9. The lowest BCUT2D eigenvalue weighted by Gasteiger charge is -2.18. The second kappa shape index (κ2) is 6.93. The normalized spacial score (nSPS) is 14.2. The molecule has 1 N–H and O–H groups in total. The molecule has 1 heterocycles. The molecule has 0 aromatic carbocycles. The first-order chi connectivity index (χ1) is 9.91. The molecule has 0 saturated carbocycles. The highest BCUT2D eigenvalue weighted by Gasteiger charge is 2.26. The van der Waals surface area contributed by atoms with Gasteiger partial charge in [0.15, 0.2) is 11.0 Å². The van der Waals surface area contributed by atoms with E-state index in [2.05, 4.69) is 19.9 Å². The minimum Gasteiger partial charge on any atom is -0.591 e. The number of carbonyl (C=O) groups is 1. The van der Waals surface area contributed by atoms with Gasteiger partial charge in [-0.3, -0.25) is 4.79 Å². The van der Waals surface area contributed by atoms with E-state index in [0.29, 0.717) is 5.56 Å². The van der Waals surface area contributed by atoms with Gasteiger partial charge < -0.3 is 9.87 Å². The van der Waals surface area contributed by atoms with Crippen LogP contribution in [0.15, 0.2) is 10.5 Å². The lowest BCUT2D eigenvalue weighted by molar-refractivity contribution is -0.123. The summed E-state index contributed by atoms with van der Waals surface area (Å²) in [5.74, 6) is 0.0811. The molecule has 0 aliphatic heterocycles. The molecule has 0 aliphatic rings. The van der Waals surface area contributed by atoms with E-state index in [4.69, 9.17) is 11.6 Å². The molecule has 1 aromatic heterocycles. The monoisotopic (exact) mass is 344 g/mol. The molecule has 1 atom stereocenters. The van der Waals surface area contributed by atoms with E-state index in [1.165, 1.54) is 6.21 Å². The summed E-state index contributed by atoms with van der Waals surface area (Å²) in [6.45, 7) is 10.8. The van der Waals surface area contributed by atoms with Crippen LogP contribution >= 0.6 is 11.6 Å². The molecule has 0 fully saturated rings. The Hall–Kier alpha value is -1.18. The van der Waals surface area contributed by atoms with Gasteiger partial charge in [-0.25, -0.2) is 0 Å². The van der Waals surface area contributed by atoms with Gasteiger partial charge in [-0.15, -0.1) is 10.2 Å². The fraction of sp³-hybridized carbons (Fsp3) is 0.571. The number of amides is 1. The first-order valence-corrected chi connectivity index (χ1v) is 8.20.